The van der Waals surface area contributed by atoms with Crippen molar-refractivity contribution in [1.29, 1.82) is 0 Å². The highest BCUT2D eigenvalue weighted by Crippen LogP contribution is 2.17. The third-order valence-corrected chi connectivity index (χ3v) is 3.64. The number of nitrogens with two attached hydrogens (primary N) is 3. The van der Waals surface area contributed by atoms with Gasteiger partial charge in [0, 0.05) is 6.04 Å². The second-order valence-corrected chi connectivity index (χ2v) is 5.51. The number of hydrogen-bond donors (Lipinski definition) is 4. The van der Waals surface area contributed by atoms with Crippen LogP contribution in [0.4, 0.5) is 0 Å². The zero-order valence-corrected chi connectivity index (χ0v) is 14.5. The maximum absolute atomic E-state index is 5.47. The second kappa shape index (κ2) is 15.0. The minimum Gasteiger partial charge on any atom is -0.330 e. The summed E-state index contributed by atoms with van der Waals surface area (Å²) >= 11 is 0. The van der Waals surface area contributed by atoms with E-state index in [1.165, 1.54) is 11.1 Å². The van der Waals surface area contributed by atoms with E-state index >= 15 is 0 Å². The van der Waals surface area contributed by atoms with Crippen LogP contribution in [0.25, 0.3) is 0 Å². The molecule has 0 radical (unpaired) electrons. The maximum Gasteiger partial charge on any atom is 0.0294 e. The van der Waals surface area contributed by atoms with Crippen LogP contribution in [0.1, 0.15) is 56.7 Å². The zero-order valence-electron chi connectivity index (χ0n) is 14.5. The molecule has 4 nitrogen and oxygen atoms in total. The molecule has 1 aromatic carbocycles. The van der Waals surface area contributed by atoms with Crippen LogP contribution in [0.3, 0.4) is 0 Å². The summed E-state index contributed by atoms with van der Waals surface area (Å²) in [4.78, 5) is 0. The Balaban J connectivity index is 0.000000626. The Kier molecular flexibility index (Phi) is 14.3. The molecule has 0 spiro atoms. The van der Waals surface area contributed by atoms with Gasteiger partial charge in [0.2, 0.25) is 0 Å². The van der Waals surface area contributed by atoms with E-state index in [4.69, 9.17) is 17.2 Å². The van der Waals surface area contributed by atoms with Gasteiger partial charge in [-0.3, -0.25) is 0 Å². The summed E-state index contributed by atoms with van der Waals surface area (Å²) in [6.07, 6.45) is 5.50. The summed E-state index contributed by atoms with van der Waals surface area (Å²) in [6.45, 7) is 7.84. The van der Waals surface area contributed by atoms with Crippen LogP contribution in [-0.4, -0.2) is 26.2 Å². The lowest BCUT2D eigenvalue weighted by atomic mass is 9.99. The fourth-order valence-corrected chi connectivity index (χ4v) is 2.27. The Morgan fingerprint density at radius 1 is 0.909 bits per heavy atom. The third-order valence-electron chi connectivity index (χ3n) is 3.64. The van der Waals surface area contributed by atoms with Gasteiger partial charge in [0.15, 0.2) is 0 Å². The van der Waals surface area contributed by atoms with Crippen molar-refractivity contribution in [2.75, 3.05) is 26.2 Å². The smallest absolute Gasteiger partial charge is 0.0294 e. The average Bonchev–Trinajstić information content (AvgIpc) is 2.57. The molecule has 7 N–H and O–H groups in total. The fourth-order valence-electron chi connectivity index (χ4n) is 2.27. The first-order valence-electron chi connectivity index (χ1n) is 8.62. The fraction of sp³-hybridized carbons (Fsp3) is 0.667. The molecule has 1 atom stereocenters. The number of aryl methyl sites for hydroxylation is 1. The minimum atomic E-state index is 0.439. The summed E-state index contributed by atoms with van der Waals surface area (Å²) in [7, 11) is 0. The van der Waals surface area contributed by atoms with Crippen molar-refractivity contribution in [3.63, 3.8) is 0 Å². The molecular weight excluding hydrogens is 272 g/mol. The Bertz CT molecular complexity index is 351. The first-order chi connectivity index (χ1) is 10.7. The van der Waals surface area contributed by atoms with E-state index in [1.54, 1.807) is 0 Å². The lowest BCUT2D eigenvalue weighted by Gasteiger charge is -2.17. The van der Waals surface area contributed by atoms with Gasteiger partial charge in [0.1, 0.15) is 0 Å². The van der Waals surface area contributed by atoms with Crippen LogP contribution < -0.4 is 22.5 Å². The highest BCUT2D eigenvalue weighted by atomic mass is 14.9. The van der Waals surface area contributed by atoms with Gasteiger partial charge in [-0.1, -0.05) is 31.2 Å². The summed E-state index contributed by atoms with van der Waals surface area (Å²) in [6, 6.07) is 9.11. The molecule has 0 heterocycles. The molecule has 128 valence electrons. The number of nitrogens with one attached hydrogen (secondary N) is 1. The van der Waals surface area contributed by atoms with Crippen LogP contribution in [0.15, 0.2) is 24.3 Å². The predicted molar refractivity (Wildman–Crippen MR) is 97.9 cm³/mol. The van der Waals surface area contributed by atoms with E-state index in [0.29, 0.717) is 6.04 Å². The van der Waals surface area contributed by atoms with Gasteiger partial charge in [-0.15, -0.1) is 0 Å². The Labute approximate surface area is 136 Å². The van der Waals surface area contributed by atoms with E-state index in [1.807, 2.05) is 0 Å². The van der Waals surface area contributed by atoms with E-state index in [2.05, 4.69) is 43.4 Å². The minimum absolute atomic E-state index is 0.439. The van der Waals surface area contributed by atoms with Gasteiger partial charge in [0.25, 0.3) is 0 Å². The first-order valence-corrected chi connectivity index (χ1v) is 8.62. The molecule has 1 unspecified atom stereocenters. The van der Waals surface area contributed by atoms with Crippen LogP contribution in [0.5, 0.6) is 0 Å². The van der Waals surface area contributed by atoms with Gasteiger partial charge in [0.05, 0.1) is 0 Å². The number of rotatable bonds is 10. The predicted octanol–water partition coefficient (Wildman–Crippen LogP) is 2.32. The highest BCUT2D eigenvalue weighted by molar-refractivity contribution is 5.29. The zero-order chi connectivity index (χ0) is 16.6. The maximum atomic E-state index is 5.47. The molecule has 0 saturated heterocycles. The van der Waals surface area contributed by atoms with Crippen molar-refractivity contribution >= 4 is 0 Å². The summed E-state index contributed by atoms with van der Waals surface area (Å²) < 4.78 is 0. The van der Waals surface area contributed by atoms with E-state index in [0.717, 1.165) is 58.3 Å². The number of unbranched alkanes of at least 4 members (excludes halogenated alkanes) is 2. The molecule has 0 aliphatic heterocycles. The molecule has 0 saturated carbocycles. The topological polar surface area (TPSA) is 90.1 Å². The molecule has 0 aliphatic rings. The standard InChI is InChI=1S/C14H24N2.C4H12N2/c1-3-13-8-4-5-9-14(13)12(2)16-11-7-6-10-15;5-3-1-2-4-6/h4-5,8-9,12,16H,3,6-7,10-11,15H2,1-2H3;1-6H2. The Hall–Kier alpha value is -0.940. The lowest BCUT2D eigenvalue weighted by molar-refractivity contribution is 0.546. The van der Waals surface area contributed by atoms with Crippen molar-refractivity contribution in [3.8, 4) is 0 Å². The quantitative estimate of drug-likeness (QED) is 0.499. The monoisotopic (exact) mass is 308 g/mol. The molecule has 0 fully saturated rings. The lowest BCUT2D eigenvalue weighted by Crippen LogP contribution is -2.21. The van der Waals surface area contributed by atoms with Crippen molar-refractivity contribution in [1.82, 2.24) is 5.32 Å². The summed E-state index contributed by atoms with van der Waals surface area (Å²) in [5, 5.41) is 3.55. The van der Waals surface area contributed by atoms with E-state index in [9.17, 15) is 0 Å². The van der Waals surface area contributed by atoms with Gasteiger partial charge in [-0.2, -0.15) is 0 Å². The molecule has 1 rings (SSSR count). The van der Waals surface area contributed by atoms with E-state index in [-0.39, 0.29) is 0 Å². The highest BCUT2D eigenvalue weighted by Gasteiger charge is 2.07. The molecular formula is C18H36N4. The SMILES string of the molecule is CCc1ccccc1C(C)NCCCCN.NCCCCN. The van der Waals surface area contributed by atoms with Crippen molar-refractivity contribution in [2.45, 2.75) is 52.0 Å². The summed E-state index contributed by atoms with van der Waals surface area (Å²) in [5.41, 5.74) is 18.7. The van der Waals surface area contributed by atoms with Crippen LogP contribution in [-0.2, 0) is 6.42 Å². The molecule has 1 aromatic rings. The molecule has 0 amide bonds. The molecule has 0 aliphatic carbocycles. The molecule has 4 heteroatoms. The van der Waals surface area contributed by atoms with Crippen molar-refractivity contribution in [2.24, 2.45) is 17.2 Å². The number of hydrogen-bond acceptors (Lipinski definition) is 4. The van der Waals surface area contributed by atoms with Gasteiger partial charge in [-0.25, -0.2) is 0 Å². The van der Waals surface area contributed by atoms with Crippen LogP contribution in [0, 0.1) is 0 Å². The van der Waals surface area contributed by atoms with Gasteiger partial charge < -0.3 is 22.5 Å². The largest absolute Gasteiger partial charge is 0.330 e. The van der Waals surface area contributed by atoms with Crippen LogP contribution >= 0.6 is 0 Å². The third kappa shape index (κ3) is 9.90. The van der Waals surface area contributed by atoms with Gasteiger partial charge in [-0.05, 0) is 76.3 Å². The van der Waals surface area contributed by atoms with E-state index < -0.39 is 0 Å². The normalized spacial score (nSPS) is 11.7. The van der Waals surface area contributed by atoms with Crippen molar-refractivity contribution < 1.29 is 0 Å². The van der Waals surface area contributed by atoms with Crippen LogP contribution in [0.2, 0.25) is 0 Å². The second-order valence-electron chi connectivity index (χ2n) is 5.51. The Morgan fingerprint density at radius 2 is 1.45 bits per heavy atom. The number of benzene rings is 1. The van der Waals surface area contributed by atoms with Gasteiger partial charge >= 0.3 is 0 Å². The Morgan fingerprint density at radius 3 is 2.00 bits per heavy atom. The molecule has 22 heavy (non-hydrogen) atoms. The molecule has 0 bridgehead atoms. The average molecular weight is 309 g/mol. The molecule has 0 aromatic heterocycles. The van der Waals surface area contributed by atoms with Crippen molar-refractivity contribution in [3.05, 3.63) is 35.4 Å². The first kappa shape index (κ1) is 21.1. The summed E-state index contributed by atoms with van der Waals surface area (Å²) in [5.74, 6) is 0.